The van der Waals surface area contributed by atoms with Gasteiger partial charge in [-0.3, -0.25) is 9.36 Å². The molecule has 0 unspecified atom stereocenters. The maximum atomic E-state index is 14.4. The van der Waals surface area contributed by atoms with Crippen LogP contribution in [0.2, 0.25) is 5.02 Å². The highest BCUT2D eigenvalue weighted by molar-refractivity contribution is 6.31. The van der Waals surface area contributed by atoms with Gasteiger partial charge >= 0.3 is 0 Å². The molecule has 0 radical (unpaired) electrons. The van der Waals surface area contributed by atoms with Crippen molar-refractivity contribution >= 4 is 22.5 Å². The second kappa shape index (κ2) is 10.9. The maximum Gasteiger partial charge on any atom is 0.266 e. The third-order valence-electron chi connectivity index (χ3n) is 7.25. The molecular weight excluding hydrogens is 496 g/mol. The summed E-state index contributed by atoms with van der Waals surface area (Å²) in [4.78, 5) is 21.7. The summed E-state index contributed by atoms with van der Waals surface area (Å²) in [5, 5.41) is 15.0. The van der Waals surface area contributed by atoms with Gasteiger partial charge in [-0.1, -0.05) is 43.6 Å². The molecule has 7 heteroatoms. The van der Waals surface area contributed by atoms with E-state index in [1.165, 1.54) is 6.42 Å². The Hall–Kier alpha value is -3.19. The summed E-state index contributed by atoms with van der Waals surface area (Å²) in [7, 11) is 2.11. The number of likely N-dealkylation sites (N-methyl/N-ethyl adjacent to an activating group) is 1. The largest absolute Gasteiger partial charge is 0.508 e. The number of fused-ring (bicyclic) bond motifs is 1. The van der Waals surface area contributed by atoms with Crippen LogP contribution in [0.5, 0.6) is 5.75 Å². The van der Waals surface area contributed by atoms with E-state index in [1.54, 1.807) is 22.8 Å². The predicted octanol–water partition coefficient (Wildman–Crippen LogP) is 6.03. The molecule has 1 aliphatic heterocycles. The second-order valence-electron chi connectivity index (χ2n) is 10.8. The van der Waals surface area contributed by atoms with Crippen LogP contribution in [0, 0.1) is 6.92 Å². The van der Waals surface area contributed by atoms with Gasteiger partial charge in [0.15, 0.2) is 0 Å². The summed E-state index contributed by atoms with van der Waals surface area (Å²) < 4.78 is 1.65. The molecule has 38 heavy (non-hydrogen) atoms. The van der Waals surface area contributed by atoms with Gasteiger partial charge in [0.2, 0.25) is 0 Å². The molecule has 1 atom stereocenters. The molecule has 2 heterocycles. The van der Waals surface area contributed by atoms with Crippen LogP contribution >= 0.6 is 11.6 Å². The van der Waals surface area contributed by atoms with Crippen molar-refractivity contribution in [2.24, 2.45) is 0 Å². The van der Waals surface area contributed by atoms with Gasteiger partial charge in [0.1, 0.15) is 11.6 Å². The quantitative estimate of drug-likeness (QED) is 0.305. The summed E-state index contributed by atoms with van der Waals surface area (Å²) in [6.45, 7) is 8.62. The molecule has 4 aromatic rings. The molecule has 1 fully saturated rings. The minimum atomic E-state index is -0.132. The van der Waals surface area contributed by atoms with Crippen molar-refractivity contribution < 1.29 is 5.11 Å². The summed E-state index contributed by atoms with van der Waals surface area (Å²) in [6.07, 6.45) is 2.35. The van der Waals surface area contributed by atoms with E-state index in [4.69, 9.17) is 16.6 Å². The Bertz CT molecular complexity index is 1520. The first-order valence-electron chi connectivity index (χ1n) is 13.3. The van der Waals surface area contributed by atoms with E-state index in [2.05, 4.69) is 29.4 Å². The molecule has 198 valence electrons. The third kappa shape index (κ3) is 5.35. The normalized spacial score (nSPS) is 15.7. The number of rotatable bonds is 7. The van der Waals surface area contributed by atoms with Gasteiger partial charge in [-0.25, -0.2) is 4.98 Å². The number of aromatic nitrogens is 2. The smallest absolute Gasteiger partial charge is 0.266 e. The van der Waals surface area contributed by atoms with Crippen LogP contribution in [0.25, 0.3) is 27.7 Å². The number of nitrogens with one attached hydrogen (secondary N) is 1. The van der Waals surface area contributed by atoms with Crippen molar-refractivity contribution in [1.29, 1.82) is 0 Å². The number of phenols is 1. The van der Waals surface area contributed by atoms with Crippen molar-refractivity contribution in [2.45, 2.75) is 52.1 Å². The van der Waals surface area contributed by atoms with Gasteiger partial charge in [0, 0.05) is 36.1 Å². The lowest BCUT2D eigenvalue weighted by atomic mass is 9.94. The Balaban J connectivity index is 1.77. The Kier molecular flexibility index (Phi) is 7.57. The van der Waals surface area contributed by atoms with Crippen molar-refractivity contribution in [3.05, 3.63) is 86.9 Å². The van der Waals surface area contributed by atoms with E-state index in [0.29, 0.717) is 40.0 Å². The molecule has 1 saturated heterocycles. The van der Waals surface area contributed by atoms with E-state index in [1.807, 2.05) is 45.0 Å². The summed E-state index contributed by atoms with van der Waals surface area (Å²) in [5.41, 5.74) is 5.11. The Morgan fingerprint density at radius 3 is 2.68 bits per heavy atom. The Morgan fingerprint density at radius 1 is 1.18 bits per heavy atom. The van der Waals surface area contributed by atoms with Crippen LogP contribution in [0.4, 0.5) is 0 Å². The summed E-state index contributed by atoms with van der Waals surface area (Å²) >= 11 is 6.48. The molecule has 0 amide bonds. The Morgan fingerprint density at radius 2 is 2.00 bits per heavy atom. The maximum absolute atomic E-state index is 14.4. The molecule has 0 saturated carbocycles. The SMILES string of the molecule is Cc1cc(Cl)cc(-c2ccc3nc(C(C)C)n(-c4cccc(O)c4)c(=O)c3c2CN(C)C[C@@H]2CCCN2)c1. The fourth-order valence-electron chi connectivity index (χ4n) is 5.58. The lowest BCUT2D eigenvalue weighted by Gasteiger charge is -2.24. The highest BCUT2D eigenvalue weighted by atomic mass is 35.5. The fraction of sp³-hybridized carbons (Fsp3) is 0.355. The molecule has 0 bridgehead atoms. The van der Waals surface area contributed by atoms with Gasteiger partial charge < -0.3 is 15.3 Å². The predicted molar refractivity (Wildman–Crippen MR) is 156 cm³/mol. The highest BCUT2D eigenvalue weighted by Crippen LogP contribution is 2.33. The van der Waals surface area contributed by atoms with E-state index in [0.717, 1.165) is 41.8 Å². The van der Waals surface area contributed by atoms with Gasteiger partial charge in [-0.2, -0.15) is 0 Å². The summed E-state index contributed by atoms with van der Waals surface area (Å²) in [5.74, 6) is 0.773. The van der Waals surface area contributed by atoms with Crippen molar-refractivity contribution in [3.63, 3.8) is 0 Å². The van der Waals surface area contributed by atoms with Crippen LogP contribution in [0.15, 0.2) is 59.4 Å². The van der Waals surface area contributed by atoms with Gasteiger partial charge in [-0.15, -0.1) is 0 Å². The van der Waals surface area contributed by atoms with E-state index >= 15 is 0 Å². The first kappa shape index (κ1) is 26.4. The van der Waals surface area contributed by atoms with Gasteiger partial charge in [0.05, 0.1) is 16.6 Å². The molecule has 6 nitrogen and oxygen atoms in total. The second-order valence-corrected chi connectivity index (χ2v) is 11.2. The van der Waals surface area contributed by atoms with Crippen LogP contribution < -0.4 is 10.9 Å². The molecule has 3 aromatic carbocycles. The zero-order chi connectivity index (χ0) is 27.0. The van der Waals surface area contributed by atoms with Crippen LogP contribution in [0.1, 0.15) is 49.6 Å². The van der Waals surface area contributed by atoms with E-state index < -0.39 is 0 Å². The number of aryl methyl sites for hydroxylation is 1. The number of aromatic hydroxyl groups is 1. The van der Waals surface area contributed by atoms with E-state index in [9.17, 15) is 9.90 Å². The first-order chi connectivity index (χ1) is 18.2. The zero-order valence-electron chi connectivity index (χ0n) is 22.5. The lowest BCUT2D eigenvalue weighted by Crippen LogP contribution is -2.35. The Labute approximate surface area is 228 Å². The minimum Gasteiger partial charge on any atom is -0.508 e. The number of benzene rings is 3. The fourth-order valence-corrected chi connectivity index (χ4v) is 5.86. The lowest BCUT2D eigenvalue weighted by molar-refractivity contribution is 0.294. The zero-order valence-corrected chi connectivity index (χ0v) is 23.2. The minimum absolute atomic E-state index is 0.00395. The average Bonchev–Trinajstić information content (AvgIpc) is 3.36. The molecule has 0 spiro atoms. The number of hydrogen-bond acceptors (Lipinski definition) is 5. The number of hydrogen-bond donors (Lipinski definition) is 2. The van der Waals surface area contributed by atoms with Crippen molar-refractivity contribution in [3.8, 4) is 22.6 Å². The monoisotopic (exact) mass is 530 g/mol. The van der Waals surface area contributed by atoms with Crippen molar-refractivity contribution in [2.75, 3.05) is 20.1 Å². The average molecular weight is 531 g/mol. The van der Waals surface area contributed by atoms with Gasteiger partial charge in [-0.05, 0) is 85.9 Å². The van der Waals surface area contributed by atoms with Crippen LogP contribution in [-0.4, -0.2) is 45.7 Å². The molecule has 2 N–H and O–H groups in total. The van der Waals surface area contributed by atoms with Crippen LogP contribution in [0.3, 0.4) is 0 Å². The molecule has 5 rings (SSSR count). The standard InChI is InChI=1S/C31H35ClN4O2/c1-19(2)30-34-28-11-10-26(21-13-20(3)14-22(32)15-21)27(18-35(4)17-23-7-6-12-33-23)29(28)31(38)36(30)24-8-5-9-25(37)16-24/h5,8-11,13-16,19,23,33,37H,6-7,12,17-18H2,1-4H3/t23-/m0/s1. The number of phenolic OH excluding ortho intramolecular Hbond substituents is 1. The molecular formula is C31H35ClN4O2. The van der Waals surface area contributed by atoms with Gasteiger partial charge in [0.25, 0.3) is 5.56 Å². The topological polar surface area (TPSA) is 70.4 Å². The van der Waals surface area contributed by atoms with E-state index in [-0.39, 0.29) is 17.2 Å². The third-order valence-corrected chi connectivity index (χ3v) is 7.47. The highest BCUT2D eigenvalue weighted by Gasteiger charge is 2.23. The molecule has 1 aromatic heterocycles. The molecule has 0 aliphatic carbocycles. The number of halogens is 1. The van der Waals surface area contributed by atoms with Crippen molar-refractivity contribution in [1.82, 2.24) is 19.8 Å². The summed E-state index contributed by atoms with van der Waals surface area (Å²) in [6, 6.07) is 17.3. The van der Waals surface area contributed by atoms with Crippen LogP contribution in [-0.2, 0) is 6.54 Å². The molecule has 1 aliphatic rings. The first-order valence-corrected chi connectivity index (χ1v) is 13.7. The number of nitrogens with zero attached hydrogens (tertiary/aromatic N) is 3.